The maximum atomic E-state index is 11.8. The fourth-order valence-corrected chi connectivity index (χ4v) is 2.70. The second-order valence-electron chi connectivity index (χ2n) is 3.80. The summed E-state index contributed by atoms with van der Waals surface area (Å²) in [4.78, 5) is 13.6. The molecule has 0 N–H and O–H groups in total. The number of esters is 1. The van der Waals surface area contributed by atoms with Crippen LogP contribution in [0.3, 0.4) is 0 Å². The van der Waals surface area contributed by atoms with Gasteiger partial charge < -0.3 is 10.3 Å². The van der Waals surface area contributed by atoms with E-state index >= 15 is 0 Å². The average Bonchev–Trinajstić information content (AvgIpc) is 2.40. The van der Waals surface area contributed by atoms with Crippen molar-refractivity contribution < 1.29 is 22.7 Å². The lowest BCUT2D eigenvalue weighted by molar-refractivity contribution is -0.136. The minimum Gasteiger partial charge on any atom is -0.460 e. The number of ether oxygens (including phenoxy) is 1. The molecule has 1 rings (SSSR count). The Morgan fingerprint density at radius 1 is 1.32 bits per heavy atom. The predicted molar refractivity (Wildman–Crippen MR) is 69.2 cm³/mol. The van der Waals surface area contributed by atoms with E-state index in [1.165, 1.54) is 0 Å². The van der Waals surface area contributed by atoms with Crippen LogP contribution >= 0.6 is 0 Å². The molecule has 0 saturated carbocycles. The molecule has 0 unspecified atom stereocenters. The number of hydrogen-bond acceptors (Lipinski definition) is 4. The first kappa shape index (κ1) is 15.1. The second kappa shape index (κ2) is 6.82. The summed E-state index contributed by atoms with van der Waals surface area (Å²) in [5.74, 6) is -1.45. The third-order valence-corrected chi connectivity index (χ3v) is 4.13. The number of rotatable bonds is 4. The van der Waals surface area contributed by atoms with Gasteiger partial charge in [0.2, 0.25) is 0 Å². The molecule has 0 aromatic heterocycles. The standard InChI is InChI=1S/C12H14N2O4S/c1-18-12(15)11(14-13)19(16,17)9-5-8-10-6-3-2-4-7-10/h2-4,6-7H,5,8-9H2,1H3. The topological polar surface area (TPSA) is 96.8 Å². The molecular formula is C12H14N2O4S. The number of nitrogens with zero attached hydrogens (tertiary/aromatic N) is 2. The van der Waals surface area contributed by atoms with Gasteiger partial charge >= 0.3 is 11.0 Å². The first-order valence-corrected chi connectivity index (χ1v) is 7.23. The van der Waals surface area contributed by atoms with E-state index in [-0.39, 0.29) is 5.75 Å². The summed E-state index contributed by atoms with van der Waals surface area (Å²) in [5.41, 5.74) is 9.59. The Balaban J connectivity index is 2.66. The summed E-state index contributed by atoms with van der Waals surface area (Å²) in [7, 11) is -2.91. The van der Waals surface area contributed by atoms with Gasteiger partial charge in [-0.1, -0.05) is 30.3 Å². The molecule has 0 heterocycles. The van der Waals surface area contributed by atoms with E-state index in [4.69, 9.17) is 5.53 Å². The van der Waals surface area contributed by atoms with Crippen molar-refractivity contribution >= 4 is 20.9 Å². The first-order chi connectivity index (χ1) is 9.01. The van der Waals surface area contributed by atoms with Crippen molar-refractivity contribution in [3.63, 3.8) is 0 Å². The van der Waals surface area contributed by atoms with Crippen LogP contribution in [0.4, 0.5) is 0 Å². The zero-order chi connectivity index (χ0) is 14.3. The van der Waals surface area contributed by atoms with Crippen molar-refractivity contribution in [3.05, 3.63) is 41.4 Å². The van der Waals surface area contributed by atoms with Crippen molar-refractivity contribution in [2.24, 2.45) is 0 Å². The van der Waals surface area contributed by atoms with E-state index in [1.54, 1.807) is 0 Å². The normalized spacial score (nSPS) is 10.6. The quantitative estimate of drug-likeness (QED) is 0.268. The van der Waals surface area contributed by atoms with Crippen LogP contribution in [0.5, 0.6) is 0 Å². The highest BCUT2D eigenvalue weighted by atomic mass is 32.2. The fraction of sp³-hybridized carbons (Fsp3) is 0.333. The van der Waals surface area contributed by atoms with Gasteiger partial charge in [-0.05, 0) is 18.4 Å². The zero-order valence-electron chi connectivity index (χ0n) is 10.4. The lowest BCUT2D eigenvalue weighted by Gasteiger charge is -2.00. The van der Waals surface area contributed by atoms with Gasteiger partial charge in [-0.2, -0.15) is 0 Å². The Morgan fingerprint density at radius 2 is 1.95 bits per heavy atom. The van der Waals surface area contributed by atoms with Gasteiger partial charge in [0.15, 0.2) is 0 Å². The Morgan fingerprint density at radius 3 is 2.47 bits per heavy atom. The third kappa shape index (κ3) is 4.31. The molecule has 0 spiro atoms. The molecule has 0 saturated heterocycles. The molecule has 6 nitrogen and oxygen atoms in total. The smallest absolute Gasteiger partial charge is 0.460 e. The highest BCUT2D eigenvalue weighted by Gasteiger charge is 2.36. The summed E-state index contributed by atoms with van der Waals surface area (Å²) in [5, 5.41) is -0.955. The molecule has 0 aliphatic heterocycles. The van der Waals surface area contributed by atoms with Crippen LogP contribution in [-0.4, -0.2) is 37.1 Å². The van der Waals surface area contributed by atoms with E-state index in [0.29, 0.717) is 12.8 Å². The molecule has 1 aromatic rings. The number of sulfone groups is 1. The molecule has 7 heteroatoms. The Labute approximate surface area is 111 Å². The SMILES string of the molecule is COC(=O)C(=[N+]=[N-])S(=O)(=O)CCCc1ccccc1. The number of benzene rings is 1. The van der Waals surface area contributed by atoms with Gasteiger partial charge in [-0.25, -0.2) is 13.2 Å². The average molecular weight is 282 g/mol. The molecular weight excluding hydrogens is 268 g/mol. The minimum absolute atomic E-state index is 0.281. The van der Waals surface area contributed by atoms with Crippen LogP contribution in [0, 0.1) is 0 Å². The van der Waals surface area contributed by atoms with Crippen molar-refractivity contribution in [2.45, 2.75) is 12.8 Å². The fourth-order valence-electron chi connectivity index (χ4n) is 1.52. The lowest BCUT2D eigenvalue weighted by atomic mass is 10.1. The first-order valence-electron chi connectivity index (χ1n) is 5.58. The van der Waals surface area contributed by atoms with Crippen molar-refractivity contribution in [1.29, 1.82) is 0 Å². The Bertz CT molecular complexity index is 589. The minimum atomic E-state index is -3.93. The summed E-state index contributed by atoms with van der Waals surface area (Å²) < 4.78 is 27.8. The predicted octanol–water partition coefficient (Wildman–Crippen LogP) is 0.835. The number of hydrogen-bond donors (Lipinski definition) is 0. The summed E-state index contributed by atoms with van der Waals surface area (Å²) in [6.45, 7) is 0. The van der Waals surface area contributed by atoms with Crippen LogP contribution in [-0.2, 0) is 25.8 Å². The third-order valence-electron chi connectivity index (χ3n) is 2.47. The van der Waals surface area contributed by atoms with E-state index in [2.05, 4.69) is 9.53 Å². The monoisotopic (exact) mass is 282 g/mol. The molecule has 102 valence electrons. The molecule has 19 heavy (non-hydrogen) atoms. The van der Waals surface area contributed by atoms with Crippen LogP contribution in [0.1, 0.15) is 12.0 Å². The lowest BCUT2D eigenvalue weighted by Crippen LogP contribution is -2.29. The van der Waals surface area contributed by atoms with Gasteiger partial charge in [-0.3, -0.25) is 0 Å². The summed E-state index contributed by atoms with van der Waals surface area (Å²) in [6.07, 6.45) is 0.877. The van der Waals surface area contributed by atoms with Crippen LogP contribution in [0.15, 0.2) is 30.3 Å². The summed E-state index contributed by atoms with van der Waals surface area (Å²) >= 11 is 0. The number of aryl methyl sites for hydroxylation is 1. The van der Waals surface area contributed by atoms with Crippen LogP contribution in [0.2, 0.25) is 0 Å². The van der Waals surface area contributed by atoms with Gasteiger partial charge in [-0.15, -0.1) is 4.79 Å². The number of methoxy groups -OCH3 is 1. The zero-order valence-corrected chi connectivity index (χ0v) is 11.3. The van der Waals surface area contributed by atoms with Crippen molar-refractivity contribution in [1.82, 2.24) is 0 Å². The molecule has 0 bridgehead atoms. The maximum Gasteiger partial charge on any atom is 0.488 e. The van der Waals surface area contributed by atoms with E-state index < -0.39 is 20.9 Å². The molecule has 0 aliphatic rings. The molecule has 0 atom stereocenters. The number of carbonyl (C=O) groups excluding carboxylic acids is 1. The van der Waals surface area contributed by atoms with Crippen molar-refractivity contribution in [3.8, 4) is 0 Å². The van der Waals surface area contributed by atoms with Crippen molar-refractivity contribution in [2.75, 3.05) is 12.9 Å². The van der Waals surface area contributed by atoms with Gasteiger partial charge in [0.05, 0.1) is 12.9 Å². The molecule has 0 radical (unpaired) electrons. The highest BCUT2D eigenvalue weighted by molar-refractivity contribution is 8.07. The van der Waals surface area contributed by atoms with Gasteiger partial charge in [0.1, 0.15) is 0 Å². The Hall–Kier alpha value is -1.98. The molecule has 0 amide bonds. The molecule has 0 fully saturated rings. The van der Waals surface area contributed by atoms with Gasteiger partial charge in [0, 0.05) is 0 Å². The van der Waals surface area contributed by atoms with E-state index in [1.807, 2.05) is 30.3 Å². The summed E-state index contributed by atoms with van der Waals surface area (Å²) in [6, 6.07) is 9.35. The van der Waals surface area contributed by atoms with E-state index in [0.717, 1.165) is 12.7 Å². The van der Waals surface area contributed by atoms with Crippen LogP contribution in [0.25, 0.3) is 5.53 Å². The van der Waals surface area contributed by atoms with Crippen LogP contribution < -0.4 is 0 Å². The molecule has 0 aliphatic carbocycles. The Kier molecular flexibility index (Phi) is 5.41. The maximum absolute atomic E-state index is 11.8. The van der Waals surface area contributed by atoms with Gasteiger partial charge in [0.25, 0.3) is 9.84 Å². The van der Waals surface area contributed by atoms with E-state index in [9.17, 15) is 13.2 Å². The second-order valence-corrected chi connectivity index (χ2v) is 5.83. The molecule has 1 aromatic carbocycles. The largest absolute Gasteiger partial charge is 0.488 e. The highest BCUT2D eigenvalue weighted by Crippen LogP contribution is 2.05. The number of carbonyl (C=O) groups is 1.